The molecule has 0 saturated carbocycles. The summed E-state index contributed by atoms with van der Waals surface area (Å²) >= 11 is 2.56. The Hall–Kier alpha value is -1.61. The van der Waals surface area contributed by atoms with Crippen LogP contribution in [0.1, 0.15) is 6.92 Å². The number of rotatable bonds is 4. The van der Waals surface area contributed by atoms with Gasteiger partial charge in [-0.1, -0.05) is 23.5 Å². The number of nitrogens with two attached hydrogens (primary N) is 1. The molecule has 2 aromatic heterocycles. The highest BCUT2D eigenvalue weighted by molar-refractivity contribution is 8.14. The van der Waals surface area contributed by atoms with E-state index in [9.17, 15) is 0 Å². The zero-order valence-electron chi connectivity index (χ0n) is 10.3. The van der Waals surface area contributed by atoms with Gasteiger partial charge in [-0.3, -0.25) is 10.8 Å². The van der Waals surface area contributed by atoms with Crippen LogP contribution in [0, 0.1) is 10.8 Å². The Morgan fingerprint density at radius 3 is 2.89 bits per heavy atom. The normalized spacial score (nSPS) is 10.8. The van der Waals surface area contributed by atoms with Gasteiger partial charge in [0.15, 0.2) is 10.8 Å². The van der Waals surface area contributed by atoms with Crippen LogP contribution in [0.15, 0.2) is 17.6 Å². The van der Waals surface area contributed by atoms with E-state index in [1.165, 1.54) is 29.9 Å². The molecule has 0 aromatic carbocycles. The highest BCUT2D eigenvalue weighted by Gasteiger charge is 2.10. The van der Waals surface area contributed by atoms with Crippen molar-refractivity contribution >= 4 is 44.8 Å². The first-order chi connectivity index (χ1) is 9.08. The lowest BCUT2D eigenvalue weighted by molar-refractivity contribution is 0.683. The number of thioether (sulfide) groups is 2. The second-order valence-corrected chi connectivity index (χ2v) is 5.99. The zero-order chi connectivity index (χ0) is 13.8. The molecule has 9 heteroatoms. The summed E-state index contributed by atoms with van der Waals surface area (Å²) < 4.78 is 1.76. The average molecular weight is 295 g/mol. The third-order valence-corrected chi connectivity index (χ3v) is 3.73. The number of hydrogen-bond donors (Lipinski definition) is 3. The molecule has 19 heavy (non-hydrogen) atoms. The molecule has 7 nitrogen and oxygen atoms in total. The van der Waals surface area contributed by atoms with Crippen molar-refractivity contribution in [2.24, 2.45) is 5.73 Å². The summed E-state index contributed by atoms with van der Waals surface area (Å²) in [4.78, 5) is 8.39. The molecule has 0 saturated heterocycles. The van der Waals surface area contributed by atoms with E-state index >= 15 is 0 Å². The number of nitrogens with one attached hydrogen (secondary N) is 2. The van der Waals surface area contributed by atoms with E-state index in [0.29, 0.717) is 17.3 Å². The largest absolute Gasteiger partial charge is 0.379 e. The van der Waals surface area contributed by atoms with Gasteiger partial charge in [0.25, 0.3) is 0 Å². The van der Waals surface area contributed by atoms with Crippen molar-refractivity contribution in [1.82, 2.24) is 19.7 Å². The van der Waals surface area contributed by atoms with E-state index in [1.807, 2.05) is 0 Å². The van der Waals surface area contributed by atoms with Crippen LogP contribution < -0.4 is 5.73 Å². The van der Waals surface area contributed by atoms with Crippen molar-refractivity contribution in [3.63, 3.8) is 0 Å². The molecular formula is C10H13N7S2. The van der Waals surface area contributed by atoms with Crippen molar-refractivity contribution in [2.75, 3.05) is 5.75 Å². The van der Waals surface area contributed by atoms with Crippen LogP contribution in [-0.4, -0.2) is 35.7 Å². The van der Waals surface area contributed by atoms with Crippen molar-refractivity contribution in [3.05, 3.63) is 12.5 Å². The minimum Gasteiger partial charge on any atom is -0.379 e. The first-order valence-electron chi connectivity index (χ1n) is 5.44. The maximum absolute atomic E-state index is 7.51. The van der Waals surface area contributed by atoms with E-state index in [4.69, 9.17) is 16.6 Å². The Morgan fingerprint density at radius 2 is 2.21 bits per heavy atom. The van der Waals surface area contributed by atoms with Gasteiger partial charge in [-0.05, 0) is 6.92 Å². The highest BCUT2D eigenvalue weighted by atomic mass is 32.2. The minimum atomic E-state index is 0.0989. The van der Waals surface area contributed by atoms with Crippen LogP contribution in [0.4, 0.5) is 0 Å². The molecule has 0 atom stereocenters. The van der Waals surface area contributed by atoms with E-state index in [-0.39, 0.29) is 5.17 Å². The molecule has 0 aliphatic rings. The molecule has 2 aromatic rings. The maximum Gasteiger partial charge on any atom is 0.162 e. The zero-order valence-corrected chi connectivity index (χ0v) is 11.9. The van der Waals surface area contributed by atoms with Crippen molar-refractivity contribution in [1.29, 1.82) is 10.8 Å². The predicted molar refractivity (Wildman–Crippen MR) is 79.0 cm³/mol. The lowest BCUT2D eigenvalue weighted by Crippen LogP contribution is -2.09. The van der Waals surface area contributed by atoms with Gasteiger partial charge in [-0.25, -0.2) is 14.6 Å². The average Bonchev–Trinajstić information content (AvgIpc) is 2.73. The standard InChI is InChI=1S/C10H13N7S2/c1-6(11)19-9-7-4-16-17(2-3-18-10(12)13)8(7)14-5-15-9/h4-5,11H,2-3H2,1H3,(H3,12,13). The SMILES string of the molecule is CC(=N)Sc1ncnc2c1cnn2CCSC(=N)N. The number of fused-ring (bicyclic) bond motifs is 1. The molecule has 4 N–H and O–H groups in total. The van der Waals surface area contributed by atoms with Gasteiger partial charge in [-0.15, -0.1) is 0 Å². The molecule has 0 unspecified atom stereocenters. The fourth-order valence-corrected chi connectivity index (χ4v) is 2.63. The van der Waals surface area contributed by atoms with Crippen LogP contribution in [0.2, 0.25) is 0 Å². The highest BCUT2D eigenvalue weighted by Crippen LogP contribution is 2.24. The van der Waals surface area contributed by atoms with E-state index in [2.05, 4.69) is 15.1 Å². The van der Waals surface area contributed by atoms with Gasteiger partial charge in [-0.2, -0.15) is 5.10 Å². The smallest absolute Gasteiger partial charge is 0.162 e. The van der Waals surface area contributed by atoms with Crippen LogP contribution in [0.3, 0.4) is 0 Å². The fraction of sp³-hybridized carbons (Fsp3) is 0.300. The van der Waals surface area contributed by atoms with Gasteiger partial charge in [0.05, 0.1) is 23.2 Å². The Balaban J connectivity index is 2.23. The van der Waals surface area contributed by atoms with Crippen LogP contribution in [0.5, 0.6) is 0 Å². The maximum atomic E-state index is 7.51. The summed E-state index contributed by atoms with van der Waals surface area (Å²) in [7, 11) is 0. The van der Waals surface area contributed by atoms with Gasteiger partial charge in [0.2, 0.25) is 0 Å². The number of aryl methyl sites for hydroxylation is 1. The van der Waals surface area contributed by atoms with Gasteiger partial charge in [0, 0.05) is 5.75 Å². The number of aromatic nitrogens is 4. The van der Waals surface area contributed by atoms with Gasteiger partial charge < -0.3 is 5.73 Å². The molecular weight excluding hydrogens is 282 g/mol. The van der Waals surface area contributed by atoms with Crippen LogP contribution in [-0.2, 0) is 6.54 Å². The Morgan fingerprint density at radius 1 is 1.42 bits per heavy atom. The molecule has 0 bridgehead atoms. The number of hydrogen-bond acceptors (Lipinski definition) is 7. The van der Waals surface area contributed by atoms with Gasteiger partial charge >= 0.3 is 0 Å². The Kier molecular flexibility index (Phi) is 4.38. The molecule has 100 valence electrons. The fourth-order valence-electron chi connectivity index (χ4n) is 1.50. The summed E-state index contributed by atoms with van der Waals surface area (Å²) in [6.07, 6.45) is 3.18. The molecule has 0 amide bonds. The summed E-state index contributed by atoms with van der Waals surface area (Å²) in [5.74, 6) is 0.669. The summed E-state index contributed by atoms with van der Waals surface area (Å²) in [6.45, 7) is 2.34. The molecule has 0 spiro atoms. The van der Waals surface area contributed by atoms with E-state index < -0.39 is 0 Å². The molecule has 2 rings (SSSR count). The van der Waals surface area contributed by atoms with Crippen molar-refractivity contribution in [3.8, 4) is 0 Å². The molecule has 2 heterocycles. The Labute approximate surface area is 118 Å². The molecule has 0 aliphatic carbocycles. The third kappa shape index (κ3) is 3.44. The van der Waals surface area contributed by atoms with Crippen molar-refractivity contribution in [2.45, 2.75) is 18.5 Å². The van der Waals surface area contributed by atoms with E-state index in [0.717, 1.165) is 16.1 Å². The summed E-state index contributed by atoms with van der Waals surface area (Å²) in [5.41, 5.74) is 6.03. The predicted octanol–water partition coefficient (Wildman–Crippen LogP) is 1.54. The topological polar surface area (TPSA) is 117 Å². The van der Waals surface area contributed by atoms with Crippen LogP contribution >= 0.6 is 23.5 Å². The van der Waals surface area contributed by atoms with Gasteiger partial charge in [0.1, 0.15) is 11.4 Å². The molecule has 0 fully saturated rings. The first-order valence-corrected chi connectivity index (χ1v) is 7.24. The molecule has 0 aliphatic heterocycles. The van der Waals surface area contributed by atoms with E-state index in [1.54, 1.807) is 17.8 Å². The number of amidine groups is 1. The summed E-state index contributed by atoms with van der Waals surface area (Å²) in [6, 6.07) is 0. The first kappa shape index (κ1) is 13.8. The summed E-state index contributed by atoms with van der Waals surface area (Å²) in [5, 5.41) is 21.1. The lowest BCUT2D eigenvalue weighted by atomic mass is 10.4. The monoisotopic (exact) mass is 295 g/mol. The number of nitrogens with zero attached hydrogens (tertiary/aromatic N) is 4. The van der Waals surface area contributed by atoms with Crippen LogP contribution in [0.25, 0.3) is 11.0 Å². The third-order valence-electron chi connectivity index (χ3n) is 2.21. The lowest BCUT2D eigenvalue weighted by Gasteiger charge is -2.03. The Bertz CT molecular complexity index is 621. The van der Waals surface area contributed by atoms with Crippen molar-refractivity contribution < 1.29 is 0 Å². The second kappa shape index (κ2) is 6.02. The second-order valence-electron chi connectivity index (χ2n) is 3.65. The quantitative estimate of drug-likeness (QED) is 0.341. The minimum absolute atomic E-state index is 0.0989. The molecule has 0 radical (unpaired) electrons.